The molecule has 1 fully saturated rings. The second kappa shape index (κ2) is 6.26. The maximum absolute atomic E-state index is 11.5. The Bertz CT molecular complexity index is 770. The van der Waals surface area contributed by atoms with Gasteiger partial charge in [0.1, 0.15) is 4.47 Å². The summed E-state index contributed by atoms with van der Waals surface area (Å²) in [6.07, 6.45) is 0. The summed E-state index contributed by atoms with van der Waals surface area (Å²) in [7, 11) is 0. The number of hydrogen-bond donors (Lipinski definition) is 1. The Morgan fingerprint density at radius 2 is 2.09 bits per heavy atom. The predicted molar refractivity (Wildman–Crippen MR) is 96.6 cm³/mol. The molecule has 0 bridgehead atoms. The minimum atomic E-state index is -0.372. The molecule has 9 heteroatoms. The van der Waals surface area contributed by atoms with Gasteiger partial charge in [0.25, 0.3) is 0 Å². The number of aryl methyl sites for hydroxylation is 1. The van der Waals surface area contributed by atoms with Gasteiger partial charge in [0.2, 0.25) is 5.95 Å². The topological polar surface area (TPSA) is 90.2 Å². The minimum absolute atomic E-state index is 0. The van der Waals surface area contributed by atoms with Gasteiger partial charge in [0.05, 0.1) is 10.4 Å². The average molecular weight is 405 g/mol. The number of anilines is 1. The summed E-state index contributed by atoms with van der Waals surface area (Å²) in [5.41, 5.74) is 7.93. The van der Waals surface area contributed by atoms with E-state index in [1.807, 2.05) is 31.4 Å². The molecule has 1 aromatic heterocycles. The summed E-state index contributed by atoms with van der Waals surface area (Å²) in [5.74, 6) is 0.757. The maximum Gasteiger partial charge on any atom is 0.311 e. The third-order valence-corrected chi connectivity index (χ3v) is 4.95. The van der Waals surface area contributed by atoms with E-state index >= 15 is 0 Å². The Balaban J connectivity index is 0.00000192. The van der Waals surface area contributed by atoms with Gasteiger partial charge in [0, 0.05) is 25.2 Å². The molecule has 0 unspecified atom stereocenters. The summed E-state index contributed by atoms with van der Waals surface area (Å²) in [6, 6.07) is 2.24. The lowest BCUT2D eigenvalue weighted by atomic mass is 10.1. The van der Waals surface area contributed by atoms with Crippen LogP contribution in [-0.2, 0) is 0 Å². The Kier molecular flexibility index (Phi) is 4.89. The molecule has 0 saturated carbocycles. The first-order valence-corrected chi connectivity index (χ1v) is 7.96. The number of nitrogens with zero attached hydrogens (tertiary/aromatic N) is 4. The molecule has 0 aliphatic carbocycles. The number of aromatic nitrogens is 2. The van der Waals surface area contributed by atoms with Crippen molar-refractivity contribution in [3.63, 3.8) is 0 Å². The Morgan fingerprint density at radius 1 is 1.48 bits per heavy atom. The fourth-order valence-electron chi connectivity index (χ4n) is 2.88. The molecule has 1 aliphatic rings. The number of nitro benzene ring substituents is 1. The highest BCUT2D eigenvalue weighted by Gasteiger charge is 2.32. The van der Waals surface area contributed by atoms with Gasteiger partial charge in [0.15, 0.2) is 5.52 Å². The predicted octanol–water partition coefficient (Wildman–Crippen LogP) is 3.17. The first-order chi connectivity index (χ1) is 10.3. The molecule has 7 nitrogen and oxygen atoms in total. The van der Waals surface area contributed by atoms with E-state index in [1.165, 1.54) is 0 Å². The van der Waals surface area contributed by atoms with E-state index in [0.717, 1.165) is 30.1 Å². The van der Waals surface area contributed by atoms with Crippen molar-refractivity contribution in [1.29, 1.82) is 0 Å². The zero-order valence-electron chi connectivity index (χ0n) is 13.1. The molecule has 126 valence electrons. The van der Waals surface area contributed by atoms with Crippen molar-refractivity contribution in [2.75, 3.05) is 18.0 Å². The molecule has 23 heavy (non-hydrogen) atoms. The van der Waals surface area contributed by atoms with Crippen LogP contribution in [0.5, 0.6) is 0 Å². The second-order valence-electron chi connectivity index (χ2n) is 6.02. The van der Waals surface area contributed by atoms with Gasteiger partial charge >= 0.3 is 5.69 Å². The molecule has 3 rings (SSSR count). The van der Waals surface area contributed by atoms with Gasteiger partial charge in [-0.2, -0.15) is 0 Å². The zero-order valence-corrected chi connectivity index (χ0v) is 15.5. The van der Waals surface area contributed by atoms with Crippen molar-refractivity contribution in [3.8, 4) is 0 Å². The first-order valence-electron chi connectivity index (χ1n) is 7.17. The molecule has 2 N–H and O–H groups in total. The number of fused-ring (bicyclic) bond motifs is 1. The van der Waals surface area contributed by atoms with Gasteiger partial charge in [-0.05, 0) is 48.3 Å². The standard InChI is InChI=1S/C14H18BrN5O2.ClH/c1-7(2)19-10-4-8(3)11(15)13(20(21)22)12(10)17-14(19)18-5-9(16)6-18;/h4,7,9H,5-6,16H2,1-3H3;1H. The van der Waals surface area contributed by atoms with Crippen LogP contribution in [0.2, 0.25) is 0 Å². The van der Waals surface area contributed by atoms with E-state index < -0.39 is 0 Å². The van der Waals surface area contributed by atoms with Crippen LogP contribution in [0.4, 0.5) is 11.6 Å². The lowest BCUT2D eigenvalue weighted by molar-refractivity contribution is -0.384. The highest BCUT2D eigenvalue weighted by Crippen LogP contribution is 2.39. The Hall–Kier alpha value is -1.38. The van der Waals surface area contributed by atoms with E-state index in [-0.39, 0.29) is 35.1 Å². The summed E-state index contributed by atoms with van der Waals surface area (Å²) in [5, 5.41) is 11.5. The number of hydrogen-bond acceptors (Lipinski definition) is 5. The SMILES string of the molecule is Cc1cc2c(nc(N3CC(N)C3)n2C(C)C)c([N+](=O)[O-])c1Br.Cl. The van der Waals surface area contributed by atoms with Crippen LogP contribution in [0.3, 0.4) is 0 Å². The van der Waals surface area contributed by atoms with Crippen LogP contribution < -0.4 is 10.6 Å². The molecular weight excluding hydrogens is 386 g/mol. The van der Waals surface area contributed by atoms with Crippen molar-refractivity contribution >= 4 is 51.0 Å². The third kappa shape index (κ3) is 2.79. The van der Waals surface area contributed by atoms with Gasteiger partial charge in [-0.1, -0.05) is 0 Å². The summed E-state index contributed by atoms with van der Waals surface area (Å²) < 4.78 is 2.54. The lowest BCUT2D eigenvalue weighted by Crippen LogP contribution is -2.56. The second-order valence-corrected chi connectivity index (χ2v) is 6.81. The van der Waals surface area contributed by atoms with Crippen LogP contribution >= 0.6 is 28.3 Å². The highest BCUT2D eigenvalue weighted by atomic mass is 79.9. The number of halogens is 2. The molecular formula is C14H19BrClN5O2. The van der Waals surface area contributed by atoms with Crippen molar-refractivity contribution in [2.24, 2.45) is 5.73 Å². The molecule has 0 radical (unpaired) electrons. The minimum Gasteiger partial charge on any atom is -0.339 e. The van der Waals surface area contributed by atoms with Crippen molar-refractivity contribution in [1.82, 2.24) is 9.55 Å². The normalized spacial score (nSPS) is 15.0. The summed E-state index contributed by atoms with van der Waals surface area (Å²) in [4.78, 5) is 17.7. The quantitative estimate of drug-likeness (QED) is 0.627. The van der Waals surface area contributed by atoms with Gasteiger partial charge < -0.3 is 15.2 Å². The first kappa shape index (κ1) is 18.0. The highest BCUT2D eigenvalue weighted by molar-refractivity contribution is 9.10. The van der Waals surface area contributed by atoms with E-state index in [9.17, 15) is 10.1 Å². The number of nitro groups is 1. The molecule has 2 aromatic rings. The molecule has 1 aromatic carbocycles. The zero-order chi connectivity index (χ0) is 16.2. The fraction of sp³-hybridized carbons (Fsp3) is 0.500. The monoisotopic (exact) mass is 403 g/mol. The molecule has 0 atom stereocenters. The van der Waals surface area contributed by atoms with Gasteiger partial charge in [-0.15, -0.1) is 12.4 Å². The molecule has 1 aliphatic heterocycles. The maximum atomic E-state index is 11.5. The largest absolute Gasteiger partial charge is 0.339 e. The molecule has 1 saturated heterocycles. The Labute approximate surface area is 148 Å². The summed E-state index contributed by atoms with van der Waals surface area (Å²) >= 11 is 3.33. The molecule has 0 amide bonds. The Morgan fingerprint density at radius 3 is 2.57 bits per heavy atom. The van der Waals surface area contributed by atoms with Gasteiger partial charge in [-0.25, -0.2) is 4.98 Å². The van der Waals surface area contributed by atoms with Gasteiger partial charge in [-0.3, -0.25) is 10.1 Å². The number of benzene rings is 1. The van der Waals surface area contributed by atoms with E-state index in [4.69, 9.17) is 5.73 Å². The van der Waals surface area contributed by atoms with Crippen LogP contribution in [0.1, 0.15) is 25.5 Å². The third-order valence-electron chi connectivity index (χ3n) is 3.95. The molecule has 0 spiro atoms. The fourth-order valence-corrected chi connectivity index (χ4v) is 3.33. The van der Waals surface area contributed by atoms with E-state index in [1.54, 1.807) is 0 Å². The smallest absolute Gasteiger partial charge is 0.311 e. The average Bonchev–Trinajstić information content (AvgIpc) is 2.74. The van der Waals surface area contributed by atoms with Crippen LogP contribution in [0.25, 0.3) is 11.0 Å². The van der Waals surface area contributed by atoms with Crippen LogP contribution in [0, 0.1) is 17.0 Å². The number of imidazole rings is 1. The van der Waals surface area contributed by atoms with E-state index in [0.29, 0.717) is 9.99 Å². The molecule has 2 heterocycles. The van der Waals surface area contributed by atoms with Crippen molar-refractivity contribution < 1.29 is 4.92 Å². The van der Waals surface area contributed by atoms with Crippen LogP contribution in [-0.4, -0.2) is 33.6 Å². The number of nitrogens with two attached hydrogens (primary N) is 1. The summed E-state index contributed by atoms with van der Waals surface area (Å²) in [6.45, 7) is 7.41. The van der Waals surface area contributed by atoms with Crippen molar-refractivity contribution in [2.45, 2.75) is 32.9 Å². The number of rotatable bonds is 3. The lowest BCUT2D eigenvalue weighted by Gasteiger charge is -2.38. The van der Waals surface area contributed by atoms with Crippen LogP contribution in [0.15, 0.2) is 10.5 Å². The van der Waals surface area contributed by atoms with E-state index in [2.05, 4.69) is 25.8 Å². The van der Waals surface area contributed by atoms with Crippen molar-refractivity contribution in [3.05, 3.63) is 26.2 Å².